The fraction of sp³-hybridized carbons (Fsp3) is 0.111. The smallest absolute Gasteiger partial charge is 0.205 e. The molecule has 2 heterocycles. The van der Waals surface area contributed by atoms with Crippen LogP contribution in [0.4, 0.5) is 4.39 Å². The number of methoxy groups -OCH3 is 1. The van der Waals surface area contributed by atoms with Gasteiger partial charge in [-0.3, -0.25) is 0 Å². The van der Waals surface area contributed by atoms with Crippen molar-refractivity contribution in [3.63, 3.8) is 0 Å². The topological polar surface area (TPSA) is 65.7 Å². The lowest BCUT2D eigenvalue weighted by molar-refractivity contribution is 0.415. The molecule has 0 atom stereocenters. The van der Waals surface area contributed by atoms with E-state index >= 15 is 0 Å². The van der Waals surface area contributed by atoms with Crippen molar-refractivity contribution in [3.05, 3.63) is 65.4 Å². The molecule has 0 bridgehead atoms. The standard InChI is InChI=1S/C18H14FN5OS/c1-25-16-7-3-5-13(9-16)18-20-15(11-26-18)10-24-22-17(21-23-24)12-4-2-6-14(19)8-12/h2-9,11H,10H2,1H3. The predicted octanol–water partition coefficient (Wildman–Crippen LogP) is 3.66. The van der Waals surface area contributed by atoms with E-state index in [9.17, 15) is 4.39 Å². The van der Waals surface area contributed by atoms with Crippen molar-refractivity contribution in [2.45, 2.75) is 6.54 Å². The third kappa shape index (κ3) is 3.45. The third-order valence-corrected chi connectivity index (χ3v) is 4.65. The van der Waals surface area contributed by atoms with Crippen LogP contribution in [0.15, 0.2) is 53.9 Å². The quantitative estimate of drug-likeness (QED) is 0.539. The van der Waals surface area contributed by atoms with E-state index in [0.29, 0.717) is 17.9 Å². The molecule has 0 aliphatic carbocycles. The first kappa shape index (κ1) is 16.3. The van der Waals surface area contributed by atoms with Gasteiger partial charge in [-0.15, -0.1) is 21.5 Å². The number of benzene rings is 2. The van der Waals surface area contributed by atoms with E-state index in [0.717, 1.165) is 22.0 Å². The summed E-state index contributed by atoms with van der Waals surface area (Å²) in [5.41, 5.74) is 2.41. The van der Waals surface area contributed by atoms with Crippen molar-refractivity contribution in [2.75, 3.05) is 7.11 Å². The van der Waals surface area contributed by atoms with E-state index in [2.05, 4.69) is 20.4 Å². The lowest BCUT2D eigenvalue weighted by Crippen LogP contribution is -2.04. The van der Waals surface area contributed by atoms with Crippen LogP contribution in [0.5, 0.6) is 5.75 Å². The van der Waals surface area contributed by atoms with Crippen LogP contribution < -0.4 is 4.74 Å². The van der Waals surface area contributed by atoms with Gasteiger partial charge in [-0.25, -0.2) is 9.37 Å². The summed E-state index contributed by atoms with van der Waals surface area (Å²) >= 11 is 1.54. The highest BCUT2D eigenvalue weighted by Crippen LogP contribution is 2.27. The fourth-order valence-electron chi connectivity index (χ4n) is 2.47. The van der Waals surface area contributed by atoms with Crippen LogP contribution in [-0.2, 0) is 6.54 Å². The molecule has 2 aromatic carbocycles. The lowest BCUT2D eigenvalue weighted by atomic mass is 10.2. The summed E-state index contributed by atoms with van der Waals surface area (Å²) in [6.07, 6.45) is 0. The monoisotopic (exact) mass is 367 g/mol. The van der Waals surface area contributed by atoms with Crippen molar-refractivity contribution in [2.24, 2.45) is 0 Å². The number of nitrogens with zero attached hydrogens (tertiary/aromatic N) is 5. The summed E-state index contributed by atoms with van der Waals surface area (Å²) in [6.45, 7) is 0.392. The number of thiazole rings is 1. The second kappa shape index (κ2) is 7.01. The van der Waals surface area contributed by atoms with Gasteiger partial charge in [0.15, 0.2) is 0 Å². The van der Waals surface area contributed by atoms with Gasteiger partial charge in [-0.05, 0) is 29.5 Å². The molecular weight excluding hydrogens is 353 g/mol. The summed E-state index contributed by atoms with van der Waals surface area (Å²) in [7, 11) is 1.64. The molecule has 2 aromatic heterocycles. The largest absolute Gasteiger partial charge is 0.497 e. The average molecular weight is 367 g/mol. The first-order chi connectivity index (χ1) is 12.7. The van der Waals surface area contributed by atoms with Crippen LogP contribution in [0, 0.1) is 5.82 Å². The zero-order chi connectivity index (χ0) is 17.9. The van der Waals surface area contributed by atoms with Gasteiger partial charge in [0, 0.05) is 16.5 Å². The minimum Gasteiger partial charge on any atom is -0.497 e. The molecule has 0 saturated carbocycles. The summed E-state index contributed by atoms with van der Waals surface area (Å²) in [4.78, 5) is 6.07. The predicted molar refractivity (Wildman–Crippen MR) is 96.4 cm³/mol. The molecule has 26 heavy (non-hydrogen) atoms. The molecule has 0 aliphatic rings. The van der Waals surface area contributed by atoms with Gasteiger partial charge in [0.1, 0.15) is 23.1 Å². The maximum atomic E-state index is 13.3. The van der Waals surface area contributed by atoms with Crippen molar-refractivity contribution < 1.29 is 9.13 Å². The Morgan fingerprint density at radius 3 is 2.81 bits per heavy atom. The van der Waals surface area contributed by atoms with Crippen molar-refractivity contribution in [1.82, 2.24) is 25.2 Å². The van der Waals surface area contributed by atoms with E-state index in [1.807, 2.05) is 29.6 Å². The number of ether oxygens (including phenoxy) is 1. The molecule has 0 radical (unpaired) electrons. The lowest BCUT2D eigenvalue weighted by Gasteiger charge is -2.01. The number of rotatable bonds is 5. The van der Waals surface area contributed by atoms with Gasteiger partial charge in [0.2, 0.25) is 5.82 Å². The number of halogens is 1. The molecule has 0 spiro atoms. The van der Waals surface area contributed by atoms with Crippen molar-refractivity contribution >= 4 is 11.3 Å². The highest BCUT2D eigenvalue weighted by molar-refractivity contribution is 7.13. The Bertz CT molecular complexity index is 1050. The summed E-state index contributed by atoms with van der Waals surface area (Å²) in [6, 6.07) is 13.9. The maximum Gasteiger partial charge on any atom is 0.205 e. The van der Waals surface area contributed by atoms with Crippen LogP contribution >= 0.6 is 11.3 Å². The SMILES string of the molecule is COc1cccc(-c2nc(Cn3nnc(-c4cccc(F)c4)n3)cs2)c1. The first-order valence-corrected chi connectivity index (χ1v) is 8.72. The molecular formula is C18H14FN5OS. The number of aromatic nitrogens is 5. The molecule has 6 nitrogen and oxygen atoms in total. The Morgan fingerprint density at radius 2 is 1.96 bits per heavy atom. The fourth-order valence-corrected chi connectivity index (χ4v) is 3.27. The van der Waals surface area contributed by atoms with Gasteiger partial charge in [0.25, 0.3) is 0 Å². The van der Waals surface area contributed by atoms with Gasteiger partial charge < -0.3 is 4.74 Å². The van der Waals surface area contributed by atoms with Crippen LogP contribution in [0.2, 0.25) is 0 Å². The normalized spacial score (nSPS) is 10.8. The van der Waals surface area contributed by atoms with Gasteiger partial charge in [-0.1, -0.05) is 24.3 Å². The highest BCUT2D eigenvalue weighted by Gasteiger charge is 2.10. The maximum absolute atomic E-state index is 13.3. The van der Waals surface area contributed by atoms with Crippen LogP contribution in [0.25, 0.3) is 22.0 Å². The minimum atomic E-state index is -0.332. The summed E-state index contributed by atoms with van der Waals surface area (Å²) < 4.78 is 18.6. The third-order valence-electron chi connectivity index (χ3n) is 3.71. The molecule has 4 rings (SSSR count). The van der Waals surface area contributed by atoms with E-state index in [-0.39, 0.29) is 5.82 Å². The Balaban J connectivity index is 1.53. The highest BCUT2D eigenvalue weighted by atomic mass is 32.1. The Hall–Kier alpha value is -3.13. The molecule has 0 N–H and O–H groups in total. The zero-order valence-electron chi connectivity index (χ0n) is 13.8. The molecule has 130 valence electrons. The Kier molecular flexibility index (Phi) is 4.40. The zero-order valence-corrected chi connectivity index (χ0v) is 14.7. The average Bonchev–Trinajstić information content (AvgIpc) is 3.32. The van der Waals surface area contributed by atoms with E-state index in [1.165, 1.54) is 16.9 Å². The first-order valence-electron chi connectivity index (χ1n) is 7.84. The Morgan fingerprint density at radius 1 is 1.12 bits per heavy atom. The molecule has 0 aliphatic heterocycles. The van der Waals surface area contributed by atoms with E-state index < -0.39 is 0 Å². The second-order valence-electron chi connectivity index (χ2n) is 5.53. The van der Waals surface area contributed by atoms with Crippen LogP contribution in [-0.4, -0.2) is 32.3 Å². The van der Waals surface area contributed by atoms with Gasteiger partial charge in [-0.2, -0.15) is 4.80 Å². The molecule has 0 unspecified atom stereocenters. The van der Waals surface area contributed by atoms with Crippen LogP contribution in [0.1, 0.15) is 5.69 Å². The van der Waals surface area contributed by atoms with Gasteiger partial charge in [0.05, 0.1) is 12.8 Å². The van der Waals surface area contributed by atoms with Gasteiger partial charge >= 0.3 is 0 Å². The molecule has 0 amide bonds. The molecule has 0 saturated heterocycles. The summed E-state index contributed by atoms with van der Waals surface area (Å²) in [5, 5.41) is 15.2. The van der Waals surface area contributed by atoms with E-state index in [1.54, 1.807) is 30.6 Å². The molecule has 0 fully saturated rings. The minimum absolute atomic E-state index is 0.332. The number of tetrazole rings is 1. The molecule has 8 heteroatoms. The second-order valence-corrected chi connectivity index (χ2v) is 6.39. The number of hydrogen-bond acceptors (Lipinski definition) is 6. The van der Waals surface area contributed by atoms with Crippen molar-refractivity contribution in [3.8, 4) is 27.7 Å². The van der Waals surface area contributed by atoms with E-state index in [4.69, 9.17) is 4.74 Å². The Labute approximate surface area is 152 Å². The molecule has 4 aromatic rings. The van der Waals surface area contributed by atoms with Crippen molar-refractivity contribution in [1.29, 1.82) is 0 Å². The number of hydrogen-bond donors (Lipinski definition) is 0. The summed E-state index contributed by atoms with van der Waals surface area (Å²) in [5.74, 6) is 0.839. The van der Waals surface area contributed by atoms with Crippen LogP contribution in [0.3, 0.4) is 0 Å².